The molecule has 1 saturated heterocycles. The van der Waals surface area contributed by atoms with Gasteiger partial charge in [-0.15, -0.1) is 11.3 Å². The van der Waals surface area contributed by atoms with Crippen LogP contribution in [0.2, 0.25) is 0 Å². The molecule has 0 bridgehead atoms. The first-order chi connectivity index (χ1) is 8.73. The SMILES string of the molecule is CCCC1(c2nc3cc(F)ccc3s2)CCCN1. The van der Waals surface area contributed by atoms with Crippen LogP contribution >= 0.6 is 11.3 Å². The molecule has 1 aliphatic rings. The van der Waals surface area contributed by atoms with E-state index >= 15 is 0 Å². The lowest BCUT2D eigenvalue weighted by Gasteiger charge is -2.26. The topological polar surface area (TPSA) is 24.9 Å². The molecule has 4 heteroatoms. The normalized spacial score (nSPS) is 23.9. The first-order valence-electron chi connectivity index (χ1n) is 6.55. The van der Waals surface area contributed by atoms with Crippen LogP contribution in [0.4, 0.5) is 4.39 Å². The standard InChI is InChI=1S/C14H17FN2S/c1-2-6-14(7-3-8-16-14)13-17-11-9-10(15)4-5-12(11)18-13/h4-5,9,16H,2-3,6-8H2,1H3. The number of nitrogens with zero attached hydrogens (tertiary/aromatic N) is 1. The van der Waals surface area contributed by atoms with Gasteiger partial charge in [0.05, 0.1) is 15.8 Å². The van der Waals surface area contributed by atoms with Crippen molar-refractivity contribution in [3.63, 3.8) is 0 Å². The molecule has 1 aromatic carbocycles. The fourth-order valence-corrected chi connectivity index (χ4v) is 4.01. The van der Waals surface area contributed by atoms with Gasteiger partial charge >= 0.3 is 0 Å². The van der Waals surface area contributed by atoms with Crippen molar-refractivity contribution in [2.45, 2.75) is 38.1 Å². The van der Waals surface area contributed by atoms with Crippen LogP contribution in [0.1, 0.15) is 37.6 Å². The Kier molecular flexibility index (Phi) is 3.08. The molecular formula is C14H17FN2S. The highest BCUT2D eigenvalue weighted by Crippen LogP contribution is 2.39. The van der Waals surface area contributed by atoms with Crippen LogP contribution in [-0.4, -0.2) is 11.5 Å². The van der Waals surface area contributed by atoms with Crippen LogP contribution in [0, 0.1) is 5.82 Å². The first-order valence-corrected chi connectivity index (χ1v) is 7.37. The third-order valence-electron chi connectivity index (χ3n) is 3.68. The van der Waals surface area contributed by atoms with Crippen molar-refractivity contribution in [3.8, 4) is 0 Å². The molecule has 2 nitrogen and oxygen atoms in total. The van der Waals surface area contributed by atoms with E-state index in [4.69, 9.17) is 0 Å². The second kappa shape index (κ2) is 4.59. The van der Waals surface area contributed by atoms with Gasteiger partial charge in [-0.2, -0.15) is 0 Å². The quantitative estimate of drug-likeness (QED) is 0.911. The third-order valence-corrected chi connectivity index (χ3v) is 4.92. The number of hydrogen-bond acceptors (Lipinski definition) is 3. The Morgan fingerprint density at radius 1 is 1.50 bits per heavy atom. The smallest absolute Gasteiger partial charge is 0.125 e. The van der Waals surface area contributed by atoms with E-state index in [9.17, 15) is 4.39 Å². The molecule has 2 heterocycles. The van der Waals surface area contributed by atoms with Gasteiger partial charge in [-0.3, -0.25) is 0 Å². The Hall–Kier alpha value is -1.00. The minimum Gasteiger partial charge on any atom is -0.305 e. The molecule has 0 radical (unpaired) electrons. The summed E-state index contributed by atoms with van der Waals surface area (Å²) in [5.41, 5.74) is 0.828. The van der Waals surface area contributed by atoms with E-state index in [-0.39, 0.29) is 11.4 Å². The van der Waals surface area contributed by atoms with Crippen molar-refractivity contribution in [1.82, 2.24) is 10.3 Å². The lowest BCUT2D eigenvalue weighted by atomic mass is 9.93. The minimum absolute atomic E-state index is 0.0366. The lowest BCUT2D eigenvalue weighted by molar-refractivity contribution is 0.355. The molecular weight excluding hydrogens is 247 g/mol. The van der Waals surface area contributed by atoms with E-state index in [1.54, 1.807) is 11.3 Å². The van der Waals surface area contributed by atoms with Crippen LogP contribution in [0.5, 0.6) is 0 Å². The minimum atomic E-state index is -0.205. The Morgan fingerprint density at radius 3 is 3.11 bits per heavy atom. The Labute approximate surface area is 110 Å². The number of aromatic nitrogens is 1. The summed E-state index contributed by atoms with van der Waals surface area (Å²) in [7, 11) is 0. The largest absolute Gasteiger partial charge is 0.305 e. The molecule has 2 aromatic rings. The fourth-order valence-electron chi connectivity index (χ4n) is 2.84. The fraction of sp³-hybridized carbons (Fsp3) is 0.500. The van der Waals surface area contributed by atoms with Crippen molar-refractivity contribution in [2.75, 3.05) is 6.54 Å². The van der Waals surface area contributed by atoms with E-state index in [0.29, 0.717) is 0 Å². The van der Waals surface area contributed by atoms with Gasteiger partial charge in [0, 0.05) is 6.07 Å². The second-order valence-electron chi connectivity index (χ2n) is 4.99. The van der Waals surface area contributed by atoms with Crippen LogP contribution in [0.3, 0.4) is 0 Å². The molecule has 18 heavy (non-hydrogen) atoms. The predicted octanol–water partition coefficient (Wildman–Crippen LogP) is 3.81. The van der Waals surface area contributed by atoms with Gasteiger partial charge in [0.2, 0.25) is 0 Å². The van der Waals surface area contributed by atoms with E-state index in [1.807, 2.05) is 6.07 Å². The molecule has 0 aliphatic carbocycles. The molecule has 1 atom stereocenters. The zero-order valence-electron chi connectivity index (χ0n) is 10.5. The van der Waals surface area contributed by atoms with E-state index in [2.05, 4.69) is 17.2 Å². The number of rotatable bonds is 3. The highest BCUT2D eigenvalue weighted by molar-refractivity contribution is 7.18. The number of halogens is 1. The van der Waals surface area contributed by atoms with Gasteiger partial charge in [-0.1, -0.05) is 13.3 Å². The van der Waals surface area contributed by atoms with Gasteiger partial charge in [0.15, 0.2) is 0 Å². The molecule has 0 spiro atoms. The monoisotopic (exact) mass is 264 g/mol. The van der Waals surface area contributed by atoms with Crippen LogP contribution in [-0.2, 0) is 5.54 Å². The lowest BCUT2D eigenvalue weighted by Crippen LogP contribution is -2.36. The summed E-state index contributed by atoms with van der Waals surface area (Å²) in [6.45, 7) is 3.26. The predicted molar refractivity (Wildman–Crippen MR) is 73.4 cm³/mol. The molecule has 1 fully saturated rings. The van der Waals surface area contributed by atoms with Gasteiger partial charge in [0.25, 0.3) is 0 Å². The summed E-state index contributed by atoms with van der Waals surface area (Å²) in [4.78, 5) is 4.66. The average Bonchev–Trinajstić information content (AvgIpc) is 2.95. The number of hydrogen-bond donors (Lipinski definition) is 1. The number of benzene rings is 1. The third kappa shape index (κ3) is 1.93. The summed E-state index contributed by atoms with van der Waals surface area (Å²) >= 11 is 1.70. The van der Waals surface area contributed by atoms with E-state index in [0.717, 1.165) is 41.0 Å². The summed E-state index contributed by atoms with van der Waals surface area (Å²) in [6.07, 6.45) is 4.58. The van der Waals surface area contributed by atoms with Gasteiger partial charge in [-0.25, -0.2) is 9.37 Å². The van der Waals surface area contributed by atoms with Crippen molar-refractivity contribution in [1.29, 1.82) is 0 Å². The maximum absolute atomic E-state index is 13.2. The Bertz CT molecular complexity index is 558. The molecule has 1 unspecified atom stereocenters. The average molecular weight is 264 g/mol. The molecule has 1 N–H and O–H groups in total. The van der Waals surface area contributed by atoms with Crippen molar-refractivity contribution in [3.05, 3.63) is 29.0 Å². The number of thiazole rings is 1. The van der Waals surface area contributed by atoms with Crippen molar-refractivity contribution >= 4 is 21.6 Å². The molecule has 0 amide bonds. The molecule has 3 rings (SSSR count). The summed E-state index contributed by atoms with van der Waals surface area (Å²) in [5, 5.41) is 4.74. The van der Waals surface area contributed by atoms with E-state index in [1.165, 1.54) is 18.6 Å². The maximum atomic E-state index is 13.2. The number of nitrogens with one attached hydrogen (secondary N) is 1. The zero-order valence-corrected chi connectivity index (χ0v) is 11.3. The molecule has 0 saturated carbocycles. The van der Waals surface area contributed by atoms with Crippen molar-refractivity contribution in [2.24, 2.45) is 0 Å². The van der Waals surface area contributed by atoms with E-state index < -0.39 is 0 Å². The summed E-state index contributed by atoms with van der Waals surface area (Å²) < 4.78 is 14.3. The first kappa shape index (κ1) is 12.1. The summed E-state index contributed by atoms with van der Waals surface area (Å²) in [6, 6.07) is 4.88. The van der Waals surface area contributed by atoms with Gasteiger partial charge in [0.1, 0.15) is 10.8 Å². The number of fused-ring (bicyclic) bond motifs is 1. The molecule has 96 valence electrons. The van der Waals surface area contributed by atoms with Crippen molar-refractivity contribution < 1.29 is 4.39 Å². The highest BCUT2D eigenvalue weighted by atomic mass is 32.1. The second-order valence-corrected chi connectivity index (χ2v) is 6.02. The van der Waals surface area contributed by atoms with Crippen LogP contribution < -0.4 is 5.32 Å². The summed E-state index contributed by atoms with van der Waals surface area (Å²) in [5.74, 6) is -0.205. The van der Waals surface area contributed by atoms with Gasteiger partial charge < -0.3 is 5.32 Å². The molecule has 1 aliphatic heterocycles. The Balaban J connectivity index is 2.06. The zero-order chi connectivity index (χ0) is 12.6. The van der Waals surface area contributed by atoms with Crippen LogP contribution in [0.25, 0.3) is 10.2 Å². The highest BCUT2D eigenvalue weighted by Gasteiger charge is 2.37. The van der Waals surface area contributed by atoms with Crippen LogP contribution in [0.15, 0.2) is 18.2 Å². The maximum Gasteiger partial charge on any atom is 0.125 e. The Morgan fingerprint density at radius 2 is 2.39 bits per heavy atom. The van der Waals surface area contributed by atoms with Gasteiger partial charge in [-0.05, 0) is 37.9 Å². The molecule has 1 aromatic heterocycles.